The normalized spacial score (nSPS) is 9.12. The van der Waals surface area contributed by atoms with E-state index in [1.807, 2.05) is 0 Å². The minimum Gasteiger partial charge on any atom is -0.321 e. The number of thiol groups is 2. The van der Waals surface area contributed by atoms with Gasteiger partial charge in [-0.25, -0.2) is 0 Å². The van der Waals surface area contributed by atoms with Gasteiger partial charge in [-0.05, 0) is 24.3 Å². The zero-order valence-electron chi connectivity index (χ0n) is 7.94. The minimum atomic E-state index is -0.523. The van der Waals surface area contributed by atoms with Gasteiger partial charge in [-0.1, -0.05) is 15.9 Å². The summed E-state index contributed by atoms with van der Waals surface area (Å²) >= 11 is 11.0. The number of carbonyl (C=O) groups is 1. The van der Waals surface area contributed by atoms with Crippen LogP contribution in [-0.4, -0.2) is 5.91 Å². The number of halogens is 1. The van der Waals surface area contributed by atoms with Crippen LogP contribution < -0.4 is 5.32 Å². The first-order chi connectivity index (χ1) is 7.54. The zero-order chi connectivity index (χ0) is 12.1. The lowest BCUT2D eigenvalue weighted by Gasteiger charge is -2.04. The lowest BCUT2D eigenvalue weighted by molar-refractivity contribution is -0.112. The first-order valence-corrected chi connectivity index (χ1v) is 5.82. The second-order valence-corrected chi connectivity index (χ2v) is 4.93. The van der Waals surface area contributed by atoms with E-state index in [1.165, 1.54) is 0 Å². The van der Waals surface area contributed by atoms with Gasteiger partial charge in [0.25, 0.3) is 5.91 Å². The Bertz CT molecular complexity index is 473. The van der Waals surface area contributed by atoms with Gasteiger partial charge in [0.05, 0.1) is 4.24 Å². The van der Waals surface area contributed by atoms with Crippen molar-refractivity contribution in [2.45, 2.75) is 0 Å². The Hall–Kier alpha value is -0.900. The standard InChI is InChI=1S/C10H7BrN2OS2/c11-6-1-3-7(4-2-6)13-9(14)8(5-12)10(15)16/h1-4,15-16H,(H,13,14). The fourth-order valence-electron chi connectivity index (χ4n) is 0.929. The number of nitrogens with zero attached hydrogens (tertiary/aromatic N) is 1. The van der Waals surface area contributed by atoms with E-state index in [-0.39, 0.29) is 9.81 Å². The van der Waals surface area contributed by atoms with E-state index in [0.717, 1.165) is 4.47 Å². The Kier molecular flexibility index (Phi) is 4.93. The van der Waals surface area contributed by atoms with Gasteiger partial charge in [-0.3, -0.25) is 4.79 Å². The first-order valence-electron chi connectivity index (χ1n) is 4.14. The first kappa shape index (κ1) is 13.2. The van der Waals surface area contributed by atoms with Crippen molar-refractivity contribution in [3.05, 3.63) is 38.5 Å². The number of hydrogen-bond acceptors (Lipinski definition) is 4. The number of anilines is 1. The summed E-state index contributed by atoms with van der Waals surface area (Å²) in [6.07, 6.45) is 0. The van der Waals surface area contributed by atoms with Gasteiger partial charge < -0.3 is 5.32 Å². The summed E-state index contributed by atoms with van der Waals surface area (Å²) in [7, 11) is 0. The van der Waals surface area contributed by atoms with E-state index in [4.69, 9.17) is 5.26 Å². The van der Waals surface area contributed by atoms with Gasteiger partial charge in [0.1, 0.15) is 11.6 Å². The van der Waals surface area contributed by atoms with Crippen LogP contribution in [0, 0.1) is 11.3 Å². The number of amides is 1. The van der Waals surface area contributed by atoms with Gasteiger partial charge in [0, 0.05) is 10.2 Å². The highest BCUT2D eigenvalue weighted by Gasteiger charge is 2.11. The largest absolute Gasteiger partial charge is 0.321 e. The van der Waals surface area contributed by atoms with Crippen LogP contribution in [0.4, 0.5) is 5.69 Å². The number of hydrogen-bond donors (Lipinski definition) is 3. The Morgan fingerprint density at radius 2 is 1.88 bits per heavy atom. The molecule has 1 aromatic carbocycles. The van der Waals surface area contributed by atoms with Crippen molar-refractivity contribution in [2.75, 3.05) is 5.32 Å². The Morgan fingerprint density at radius 1 is 1.31 bits per heavy atom. The van der Waals surface area contributed by atoms with Crippen LogP contribution in [-0.2, 0) is 4.79 Å². The van der Waals surface area contributed by atoms with Crippen molar-refractivity contribution in [2.24, 2.45) is 0 Å². The average Bonchev–Trinajstić information content (AvgIpc) is 2.22. The maximum atomic E-state index is 11.6. The van der Waals surface area contributed by atoms with E-state index < -0.39 is 5.91 Å². The summed E-state index contributed by atoms with van der Waals surface area (Å²) in [4.78, 5) is 11.6. The molecular formula is C10H7BrN2OS2. The van der Waals surface area contributed by atoms with Crippen molar-refractivity contribution in [1.82, 2.24) is 0 Å². The van der Waals surface area contributed by atoms with Crippen molar-refractivity contribution >= 4 is 52.8 Å². The molecule has 0 spiro atoms. The molecular weight excluding hydrogens is 308 g/mol. The van der Waals surface area contributed by atoms with E-state index in [9.17, 15) is 4.79 Å². The van der Waals surface area contributed by atoms with Crippen LogP contribution in [0.1, 0.15) is 0 Å². The van der Waals surface area contributed by atoms with Gasteiger partial charge in [-0.2, -0.15) is 5.26 Å². The van der Waals surface area contributed by atoms with Gasteiger partial charge in [-0.15, -0.1) is 25.3 Å². The van der Waals surface area contributed by atoms with Gasteiger partial charge in [0.15, 0.2) is 0 Å². The number of nitriles is 1. The maximum absolute atomic E-state index is 11.6. The molecule has 0 saturated carbocycles. The fourth-order valence-corrected chi connectivity index (χ4v) is 1.50. The highest BCUT2D eigenvalue weighted by atomic mass is 79.9. The van der Waals surface area contributed by atoms with Gasteiger partial charge in [0.2, 0.25) is 0 Å². The van der Waals surface area contributed by atoms with Crippen LogP contribution in [0.15, 0.2) is 38.5 Å². The molecule has 3 nitrogen and oxygen atoms in total. The summed E-state index contributed by atoms with van der Waals surface area (Å²) < 4.78 is 1.00. The summed E-state index contributed by atoms with van der Waals surface area (Å²) in [6.45, 7) is 0. The molecule has 82 valence electrons. The molecule has 16 heavy (non-hydrogen) atoms. The number of benzene rings is 1. The summed E-state index contributed by atoms with van der Waals surface area (Å²) in [5, 5.41) is 11.3. The molecule has 0 aliphatic rings. The predicted molar refractivity (Wildman–Crippen MR) is 73.4 cm³/mol. The summed E-state index contributed by atoms with van der Waals surface area (Å²) in [5.41, 5.74) is 0.485. The van der Waals surface area contributed by atoms with Crippen LogP contribution >= 0.6 is 41.2 Å². The Labute approximate surface area is 112 Å². The van der Waals surface area contributed by atoms with Crippen molar-refractivity contribution in [3.8, 4) is 6.07 Å². The maximum Gasteiger partial charge on any atom is 0.267 e. The molecule has 0 bridgehead atoms. The van der Waals surface area contributed by atoms with Crippen molar-refractivity contribution in [1.29, 1.82) is 5.26 Å². The predicted octanol–water partition coefficient (Wildman–Crippen LogP) is 2.98. The second-order valence-electron chi connectivity index (χ2n) is 2.77. The SMILES string of the molecule is N#CC(C(=O)Nc1ccc(Br)cc1)=C(S)S. The highest BCUT2D eigenvalue weighted by Crippen LogP contribution is 2.17. The quantitative estimate of drug-likeness (QED) is 0.446. The smallest absolute Gasteiger partial charge is 0.267 e. The molecule has 0 fully saturated rings. The number of rotatable bonds is 2. The van der Waals surface area contributed by atoms with E-state index >= 15 is 0 Å². The molecule has 6 heteroatoms. The van der Waals surface area contributed by atoms with Crippen LogP contribution in [0.2, 0.25) is 0 Å². The fraction of sp³-hybridized carbons (Fsp3) is 0. The molecule has 0 aliphatic carbocycles. The molecule has 0 saturated heterocycles. The second kappa shape index (κ2) is 5.99. The van der Waals surface area contributed by atoms with Crippen molar-refractivity contribution in [3.63, 3.8) is 0 Å². The molecule has 1 rings (SSSR count). The molecule has 0 aromatic heterocycles. The lowest BCUT2D eigenvalue weighted by atomic mass is 10.2. The topological polar surface area (TPSA) is 52.9 Å². The van der Waals surface area contributed by atoms with Crippen LogP contribution in [0.25, 0.3) is 0 Å². The molecule has 0 unspecified atom stereocenters. The molecule has 0 atom stereocenters. The number of nitrogens with one attached hydrogen (secondary N) is 1. The Morgan fingerprint density at radius 3 is 2.31 bits per heavy atom. The summed E-state index contributed by atoms with van der Waals surface area (Å²) in [5.74, 6) is -0.523. The lowest BCUT2D eigenvalue weighted by Crippen LogP contribution is -2.13. The third-order valence-electron chi connectivity index (χ3n) is 1.66. The van der Waals surface area contributed by atoms with Crippen molar-refractivity contribution < 1.29 is 4.79 Å². The van der Waals surface area contributed by atoms with E-state index in [0.29, 0.717) is 5.69 Å². The average molecular weight is 315 g/mol. The zero-order valence-corrected chi connectivity index (χ0v) is 11.3. The third kappa shape index (κ3) is 3.59. The monoisotopic (exact) mass is 314 g/mol. The Balaban J connectivity index is 2.84. The molecule has 0 heterocycles. The summed E-state index contributed by atoms with van der Waals surface area (Å²) in [6, 6.07) is 8.74. The van der Waals surface area contributed by atoms with E-state index in [1.54, 1.807) is 30.3 Å². The number of carbonyl (C=O) groups excluding carboxylic acids is 1. The molecule has 0 aliphatic heterocycles. The molecule has 1 amide bonds. The van der Waals surface area contributed by atoms with Gasteiger partial charge >= 0.3 is 0 Å². The molecule has 0 radical (unpaired) electrons. The van der Waals surface area contributed by atoms with Crippen LogP contribution in [0.5, 0.6) is 0 Å². The molecule has 1 aromatic rings. The third-order valence-corrected chi connectivity index (χ3v) is 2.64. The molecule has 1 N–H and O–H groups in total. The highest BCUT2D eigenvalue weighted by molar-refractivity contribution is 9.10. The van der Waals surface area contributed by atoms with Crippen LogP contribution in [0.3, 0.4) is 0 Å². The minimum absolute atomic E-state index is 0.0945. The van der Waals surface area contributed by atoms with E-state index in [2.05, 4.69) is 46.5 Å².